The molecule has 0 fully saturated rings. The first-order valence-corrected chi connectivity index (χ1v) is 7.66. The topological polar surface area (TPSA) is 109 Å². The molecule has 2 rings (SSSR count). The number of para-hydroxylation sites is 3. The molecule has 8 nitrogen and oxygen atoms in total. The predicted octanol–water partition coefficient (Wildman–Crippen LogP) is 1.89. The highest BCUT2D eigenvalue weighted by Gasteiger charge is 2.11. The van der Waals surface area contributed by atoms with E-state index in [1.54, 1.807) is 42.5 Å². The lowest BCUT2D eigenvalue weighted by molar-refractivity contribution is -0.126. The summed E-state index contributed by atoms with van der Waals surface area (Å²) in [4.78, 5) is 23.7. The number of hydrogen-bond acceptors (Lipinski definition) is 6. The number of amides is 2. The summed E-state index contributed by atoms with van der Waals surface area (Å²) in [7, 11) is 2.92. The molecule has 0 unspecified atom stereocenters. The number of carbonyl (C=O) groups is 2. The summed E-state index contributed by atoms with van der Waals surface area (Å²) in [6.45, 7) is 0. The zero-order chi connectivity index (χ0) is 18.9. The van der Waals surface area contributed by atoms with Gasteiger partial charge in [0.1, 0.15) is 12.2 Å². The molecule has 8 heteroatoms. The van der Waals surface area contributed by atoms with E-state index >= 15 is 0 Å². The molecular formula is C18H19N3O5. The van der Waals surface area contributed by atoms with E-state index in [4.69, 9.17) is 9.47 Å². The summed E-state index contributed by atoms with van der Waals surface area (Å²) >= 11 is 0. The van der Waals surface area contributed by atoms with Crippen LogP contribution in [-0.2, 0) is 9.59 Å². The van der Waals surface area contributed by atoms with Gasteiger partial charge in [0.05, 0.1) is 26.1 Å². The molecule has 3 N–H and O–H groups in total. The van der Waals surface area contributed by atoms with Gasteiger partial charge in [0.15, 0.2) is 11.5 Å². The van der Waals surface area contributed by atoms with Gasteiger partial charge in [0.2, 0.25) is 11.8 Å². The second kappa shape index (κ2) is 9.07. The highest BCUT2D eigenvalue weighted by Crippen LogP contribution is 2.28. The Kier molecular flexibility index (Phi) is 6.55. The summed E-state index contributed by atoms with van der Waals surface area (Å²) in [5, 5.41) is 16.2. The lowest BCUT2D eigenvalue weighted by atomic mass is 10.2. The van der Waals surface area contributed by atoms with Crippen molar-refractivity contribution >= 4 is 23.7 Å². The van der Waals surface area contributed by atoms with Crippen molar-refractivity contribution in [3.05, 3.63) is 48.0 Å². The van der Waals surface area contributed by atoms with Gasteiger partial charge in [-0.25, -0.2) is 5.43 Å². The number of nitrogens with one attached hydrogen (secondary N) is 2. The Bertz CT molecular complexity index is 820. The molecule has 136 valence electrons. The van der Waals surface area contributed by atoms with Crippen molar-refractivity contribution in [2.24, 2.45) is 5.10 Å². The van der Waals surface area contributed by atoms with Crippen molar-refractivity contribution in [1.29, 1.82) is 0 Å². The second-order valence-electron chi connectivity index (χ2n) is 5.12. The van der Waals surface area contributed by atoms with E-state index < -0.39 is 18.2 Å². The van der Waals surface area contributed by atoms with E-state index in [0.717, 1.165) is 0 Å². The largest absolute Gasteiger partial charge is 0.504 e. The number of phenolic OH excluding ortho intramolecular Hbond substituents is 1. The third-order valence-corrected chi connectivity index (χ3v) is 3.35. The number of ether oxygens (including phenoxy) is 2. The van der Waals surface area contributed by atoms with Gasteiger partial charge in [-0.3, -0.25) is 9.59 Å². The number of carbonyl (C=O) groups excluding carboxylic acids is 2. The summed E-state index contributed by atoms with van der Waals surface area (Å²) < 4.78 is 10.1. The molecule has 2 amide bonds. The van der Waals surface area contributed by atoms with Gasteiger partial charge >= 0.3 is 0 Å². The fourth-order valence-electron chi connectivity index (χ4n) is 2.11. The van der Waals surface area contributed by atoms with Crippen LogP contribution in [0.1, 0.15) is 12.0 Å². The number of aromatic hydroxyl groups is 1. The molecule has 0 aliphatic carbocycles. The monoisotopic (exact) mass is 357 g/mol. The van der Waals surface area contributed by atoms with Crippen LogP contribution in [0.5, 0.6) is 17.2 Å². The van der Waals surface area contributed by atoms with E-state index in [-0.39, 0.29) is 11.5 Å². The molecule has 2 aromatic rings. The van der Waals surface area contributed by atoms with E-state index in [1.165, 1.54) is 20.4 Å². The Balaban J connectivity index is 1.89. The Morgan fingerprint density at radius 2 is 1.73 bits per heavy atom. The summed E-state index contributed by atoms with van der Waals surface area (Å²) in [6, 6.07) is 11.7. The minimum atomic E-state index is -0.601. The molecule has 0 saturated carbocycles. The molecule has 0 aliphatic heterocycles. The van der Waals surface area contributed by atoms with Gasteiger partial charge in [-0.15, -0.1) is 0 Å². The van der Waals surface area contributed by atoms with Crippen LogP contribution in [-0.4, -0.2) is 37.4 Å². The third kappa shape index (κ3) is 4.97. The zero-order valence-electron chi connectivity index (χ0n) is 14.4. The van der Waals surface area contributed by atoms with Crippen LogP contribution in [0.2, 0.25) is 0 Å². The molecule has 0 heterocycles. The zero-order valence-corrected chi connectivity index (χ0v) is 14.4. The maximum Gasteiger partial charge on any atom is 0.249 e. The van der Waals surface area contributed by atoms with Crippen LogP contribution in [0.4, 0.5) is 5.69 Å². The van der Waals surface area contributed by atoms with Crippen molar-refractivity contribution in [3.8, 4) is 17.2 Å². The fourth-order valence-corrected chi connectivity index (χ4v) is 2.11. The van der Waals surface area contributed by atoms with Crippen molar-refractivity contribution in [2.75, 3.05) is 19.5 Å². The van der Waals surface area contributed by atoms with Gasteiger partial charge in [-0.05, 0) is 24.3 Å². The minimum Gasteiger partial charge on any atom is -0.504 e. The second-order valence-corrected chi connectivity index (χ2v) is 5.12. The van der Waals surface area contributed by atoms with E-state index in [9.17, 15) is 14.7 Å². The number of benzene rings is 2. The van der Waals surface area contributed by atoms with Crippen molar-refractivity contribution in [3.63, 3.8) is 0 Å². The predicted molar refractivity (Wildman–Crippen MR) is 96.6 cm³/mol. The first-order valence-electron chi connectivity index (χ1n) is 7.66. The molecule has 0 aromatic heterocycles. The lowest BCUT2D eigenvalue weighted by Crippen LogP contribution is -2.24. The van der Waals surface area contributed by atoms with Crippen molar-refractivity contribution < 1.29 is 24.2 Å². The highest BCUT2D eigenvalue weighted by molar-refractivity contribution is 6.04. The number of rotatable bonds is 7. The van der Waals surface area contributed by atoms with E-state index in [2.05, 4.69) is 15.8 Å². The van der Waals surface area contributed by atoms with Gasteiger partial charge in [-0.1, -0.05) is 18.2 Å². The third-order valence-electron chi connectivity index (χ3n) is 3.35. The van der Waals surface area contributed by atoms with Gasteiger partial charge in [0.25, 0.3) is 0 Å². The van der Waals surface area contributed by atoms with Crippen LogP contribution in [0.15, 0.2) is 47.6 Å². The molecule has 0 aliphatic rings. The molecule has 0 bridgehead atoms. The number of hydrogen-bond donors (Lipinski definition) is 3. The minimum absolute atomic E-state index is 0.0954. The quantitative estimate of drug-likeness (QED) is 0.398. The normalized spacial score (nSPS) is 10.4. The number of hydrazone groups is 1. The number of nitrogens with zero attached hydrogens (tertiary/aromatic N) is 1. The van der Waals surface area contributed by atoms with Gasteiger partial charge in [0, 0.05) is 5.56 Å². The van der Waals surface area contributed by atoms with Crippen LogP contribution in [0.25, 0.3) is 0 Å². The van der Waals surface area contributed by atoms with E-state index in [1.807, 2.05) is 0 Å². The summed E-state index contributed by atoms with van der Waals surface area (Å²) in [5.41, 5.74) is 3.06. The number of phenols is 1. The Labute approximate surface area is 150 Å². The summed E-state index contributed by atoms with van der Waals surface area (Å²) in [5.74, 6) is -0.423. The van der Waals surface area contributed by atoms with Crippen LogP contribution < -0.4 is 20.2 Å². The van der Waals surface area contributed by atoms with Crippen LogP contribution in [0, 0.1) is 0 Å². The molecule has 0 radical (unpaired) electrons. The van der Waals surface area contributed by atoms with Crippen LogP contribution in [0.3, 0.4) is 0 Å². The average Bonchev–Trinajstić information content (AvgIpc) is 2.63. The van der Waals surface area contributed by atoms with Gasteiger partial charge < -0.3 is 19.9 Å². The van der Waals surface area contributed by atoms with E-state index in [0.29, 0.717) is 17.0 Å². The first-order chi connectivity index (χ1) is 12.5. The molecule has 0 spiro atoms. The van der Waals surface area contributed by atoms with Crippen molar-refractivity contribution in [2.45, 2.75) is 6.42 Å². The smallest absolute Gasteiger partial charge is 0.249 e. The molecule has 26 heavy (non-hydrogen) atoms. The molecule has 0 saturated heterocycles. The molecular weight excluding hydrogens is 338 g/mol. The molecule has 2 aromatic carbocycles. The highest BCUT2D eigenvalue weighted by atomic mass is 16.5. The lowest BCUT2D eigenvalue weighted by Gasteiger charge is -2.09. The standard InChI is InChI=1S/C18H19N3O5/c1-25-14-8-4-3-7-13(14)20-16(22)10-17(23)21-19-11-12-6-5-9-15(26-2)18(12)24/h3-9,11,24H,10H2,1-2H3,(H,20,22)(H,21,23). The average molecular weight is 357 g/mol. The Morgan fingerprint density at radius 3 is 2.46 bits per heavy atom. The maximum atomic E-state index is 11.9. The number of methoxy groups -OCH3 is 2. The Morgan fingerprint density at radius 1 is 1.04 bits per heavy atom. The maximum absolute atomic E-state index is 11.9. The SMILES string of the molecule is COc1ccccc1NC(=O)CC(=O)NN=Cc1cccc(OC)c1O. The van der Waals surface area contributed by atoms with Gasteiger partial charge in [-0.2, -0.15) is 5.10 Å². The molecule has 0 atom stereocenters. The van der Waals surface area contributed by atoms with Crippen molar-refractivity contribution in [1.82, 2.24) is 5.43 Å². The Hall–Kier alpha value is -3.55. The first kappa shape index (κ1) is 18.8. The summed E-state index contributed by atoms with van der Waals surface area (Å²) in [6.07, 6.45) is 0.841. The number of anilines is 1. The fraction of sp³-hybridized carbons (Fsp3) is 0.167. The van der Waals surface area contributed by atoms with Crippen LogP contribution >= 0.6 is 0 Å².